The third-order valence-electron chi connectivity index (χ3n) is 8.65. The molecular weight excluding hydrogens is 681 g/mol. The van der Waals surface area contributed by atoms with Crippen LogP contribution in [0.1, 0.15) is 119 Å². The van der Waals surface area contributed by atoms with Gasteiger partial charge in [-0.3, -0.25) is 9.59 Å². The first-order chi connectivity index (χ1) is 21.4. The van der Waals surface area contributed by atoms with Gasteiger partial charge in [-0.1, -0.05) is 93.6 Å². The molecule has 1 unspecified atom stereocenters. The number of halogens is 3. The molecule has 5 atom stereocenters. The van der Waals surface area contributed by atoms with Crippen molar-refractivity contribution in [3.05, 3.63) is 33.3 Å². The van der Waals surface area contributed by atoms with E-state index in [0.717, 1.165) is 30.0 Å². The average molecular weight is 737 g/mol. The number of allylic oxidation sites excluding steroid dienone is 3. The van der Waals surface area contributed by atoms with E-state index in [1.807, 2.05) is 34.6 Å². The smallest absolute Gasteiger partial charge is 0.460 e. The van der Waals surface area contributed by atoms with E-state index in [2.05, 4.69) is 43.3 Å². The van der Waals surface area contributed by atoms with Crippen LogP contribution in [-0.2, 0) is 23.8 Å². The number of rotatable bonds is 17. The SMILES string of the molecule is C/C(=C/C[C@H](C)/C(C)=C/c1csc(C)n1)CCC[C@H](C)C(OC(=O)OCC(Cl)(Cl)Cl)[C@@H](C)C(=O)C(C)(C)[C@@H](C)CC(=O)OC(C)(C)C. The van der Waals surface area contributed by atoms with Gasteiger partial charge in [-0.05, 0) is 91.1 Å². The summed E-state index contributed by atoms with van der Waals surface area (Å²) in [6.07, 6.45) is 6.06. The molecule has 11 heteroatoms. The molecule has 7 nitrogen and oxygen atoms in total. The van der Waals surface area contributed by atoms with Gasteiger partial charge in [-0.2, -0.15) is 0 Å². The molecule has 0 radical (unpaired) electrons. The van der Waals surface area contributed by atoms with Gasteiger partial charge in [-0.15, -0.1) is 11.3 Å². The van der Waals surface area contributed by atoms with Crippen LogP contribution < -0.4 is 0 Å². The zero-order valence-corrected chi connectivity index (χ0v) is 33.4. The number of ether oxygens (including phenoxy) is 3. The Morgan fingerprint density at radius 1 is 1.02 bits per heavy atom. The molecule has 47 heavy (non-hydrogen) atoms. The first-order valence-electron chi connectivity index (χ1n) is 16.3. The van der Waals surface area contributed by atoms with Crippen LogP contribution in [0.15, 0.2) is 22.6 Å². The molecule has 1 heterocycles. The molecule has 0 aliphatic carbocycles. The fourth-order valence-corrected chi connectivity index (χ4v) is 5.95. The van der Waals surface area contributed by atoms with Crippen molar-refractivity contribution in [2.75, 3.05) is 6.61 Å². The number of esters is 1. The number of ketones is 1. The van der Waals surface area contributed by atoms with E-state index < -0.39 is 39.6 Å². The number of alkyl halides is 3. The van der Waals surface area contributed by atoms with Crippen molar-refractivity contribution in [2.45, 2.75) is 131 Å². The molecule has 0 fully saturated rings. The maximum Gasteiger partial charge on any atom is 0.508 e. The Hall–Kier alpha value is -1.61. The third kappa shape index (κ3) is 16.6. The minimum absolute atomic E-state index is 0.0825. The van der Waals surface area contributed by atoms with Crippen LogP contribution in [0.3, 0.4) is 0 Å². The van der Waals surface area contributed by atoms with Gasteiger partial charge in [-0.25, -0.2) is 9.78 Å². The Labute approximate surface area is 302 Å². The summed E-state index contributed by atoms with van der Waals surface area (Å²) < 4.78 is 14.5. The highest BCUT2D eigenvalue weighted by Gasteiger charge is 2.43. The van der Waals surface area contributed by atoms with Gasteiger partial charge in [0.15, 0.2) is 0 Å². The maximum absolute atomic E-state index is 14.0. The van der Waals surface area contributed by atoms with Gasteiger partial charge in [0.05, 0.1) is 16.6 Å². The standard InChI is InChI=1S/C36H56Cl3NO6S/c1-22(16-17-23(2)25(4)18-29-20-47-28(7)40-29)14-13-15-24(3)31(45-33(43)44-21-36(37,38)39)27(6)32(42)35(11,12)26(5)19-30(41)46-34(8,9)10/h16,18,20,23-24,26-27,31H,13-15,17,19,21H2,1-12H3/b22-16-,25-18+/t23-,24-,26-,27+,31?/m0/s1. The van der Waals surface area contributed by atoms with Crippen LogP contribution in [0.25, 0.3) is 6.08 Å². The average Bonchev–Trinajstić information content (AvgIpc) is 3.34. The highest BCUT2D eigenvalue weighted by molar-refractivity contribution is 7.09. The lowest BCUT2D eigenvalue weighted by atomic mass is 9.69. The normalized spacial score (nSPS) is 16.6. The lowest BCUT2D eigenvalue weighted by molar-refractivity contribution is -0.157. The van der Waals surface area contributed by atoms with E-state index in [4.69, 9.17) is 49.0 Å². The Morgan fingerprint density at radius 2 is 1.64 bits per heavy atom. The Bertz CT molecular complexity index is 1240. The number of carbonyl (C=O) groups is 3. The number of Topliss-reactive ketones (excluding diaryl/α,β-unsaturated/α-hetero) is 1. The third-order valence-corrected chi connectivity index (χ3v) is 9.77. The molecule has 0 aliphatic rings. The molecule has 0 saturated heterocycles. The second kappa shape index (κ2) is 19.0. The maximum atomic E-state index is 14.0. The van der Waals surface area contributed by atoms with Crippen molar-refractivity contribution < 1.29 is 28.6 Å². The summed E-state index contributed by atoms with van der Waals surface area (Å²) in [5.41, 5.74) is 2.05. The summed E-state index contributed by atoms with van der Waals surface area (Å²) in [5, 5.41) is 3.13. The summed E-state index contributed by atoms with van der Waals surface area (Å²) >= 11 is 18.9. The van der Waals surface area contributed by atoms with Crippen molar-refractivity contribution in [3.8, 4) is 0 Å². The van der Waals surface area contributed by atoms with Crippen LogP contribution in [-0.4, -0.2) is 45.0 Å². The van der Waals surface area contributed by atoms with Crippen molar-refractivity contribution in [3.63, 3.8) is 0 Å². The van der Waals surface area contributed by atoms with Crippen LogP contribution in [0.4, 0.5) is 4.79 Å². The van der Waals surface area contributed by atoms with Crippen LogP contribution in [0.5, 0.6) is 0 Å². The molecule has 0 spiro atoms. The van der Waals surface area contributed by atoms with Crippen molar-refractivity contribution in [2.24, 2.45) is 29.1 Å². The number of carbonyl (C=O) groups excluding carboxylic acids is 3. The Morgan fingerprint density at radius 3 is 2.17 bits per heavy atom. The fourth-order valence-electron chi connectivity index (χ4n) is 5.22. The number of hydrogen-bond acceptors (Lipinski definition) is 8. The van der Waals surface area contributed by atoms with E-state index in [1.54, 1.807) is 39.0 Å². The fraction of sp³-hybridized carbons (Fsp3) is 0.722. The number of nitrogens with zero attached hydrogens (tertiary/aromatic N) is 1. The molecular formula is C36H56Cl3NO6S. The molecule has 0 bridgehead atoms. The predicted octanol–water partition coefficient (Wildman–Crippen LogP) is 11.1. The minimum atomic E-state index is -1.80. The Balaban J connectivity index is 2.97. The number of hydrogen-bond donors (Lipinski definition) is 0. The Kier molecular flexibility index (Phi) is 17.5. The van der Waals surface area contributed by atoms with Gasteiger partial charge >= 0.3 is 12.1 Å². The molecule has 0 aliphatic heterocycles. The lowest BCUT2D eigenvalue weighted by Crippen LogP contribution is -2.44. The van der Waals surface area contributed by atoms with Gasteiger partial charge < -0.3 is 14.2 Å². The second-order valence-corrected chi connectivity index (χ2v) is 18.1. The zero-order chi connectivity index (χ0) is 36.3. The number of aromatic nitrogens is 1. The van der Waals surface area contributed by atoms with E-state index in [-0.39, 0.29) is 30.0 Å². The quantitative estimate of drug-likeness (QED) is 0.0893. The molecule has 0 saturated carbocycles. The van der Waals surface area contributed by atoms with Crippen molar-refractivity contribution in [1.82, 2.24) is 4.98 Å². The van der Waals surface area contributed by atoms with Crippen molar-refractivity contribution >= 4 is 70.1 Å². The molecule has 0 amide bonds. The minimum Gasteiger partial charge on any atom is -0.460 e. The zero-order valence-electron chi connectivity index (χ0n) is 30.3. The van der Waals surface area contributed by atoms with E-state index in [0.29, 0.717) is 12.3 Å². The molecule has 268 valence electrons. The summed E-state index contributed by atoms with van der Waals surface area (Å²) in [6, 6.07) is 0. The van der Waals surface area contributed by atoms with Crippen molar-refractivity contribution in [1.29, 1.82) is 0 Å². The number of thiazole rings is 1. The van der Waals surface area contributed by atoms with E-state index in [9.17, 15) is 14.4 Å². The van der Waals surface area contributed by atoms with Gasteiger partial charge in [0.1, 0.15) is 24.1 Å². The van der Waals surface area contributed by atoms with Gasteiger partial charge in [0.2, 0.25) is 3.79 Å². The molecule has 1 rings (SSSR count). The van der Waals surface area contributed by atoms with Gasteiger partial charge in [0, 0.05) is 17.2 Å². The van der Waals surface area contributed by atoms with Crippen LogP contribution in [0.2, 0.25) is 0 Å². The summed E-state index contributed by atoms with van der Waals surface area (Å²) in [5.74, 6) is -1.29. The molecule has 0 N–H and O–H groups in total. The molecule has 1 aromatic heterocycles. The largest absolute Gasteiger partial charge is 0.508 e. The van der Waals surface area contributed by atoms with E-state index >= 15 is 0 Å². The van der Waals surface area contributed by atoms with Crippen LogP contribution >= 0.6 is 46.1 Å². The summed E-state index contributed by atoms with van der Waals surface area (Å²) in [4.78, 5) is 43.7. The monoisotopic (exact) mass is 735 g/mol. The van der Waals surface area contributed by atoms with E-state index in [1.165, 1.54) is 11.1 Å². The topological polar surface area (TPSA) is 91.8 Å². The first kappa shape index (κ1) is 43.4. The summed E-state index contributed by atoms with van der Waals surface area (Å²) in [7, 11) is 0. The van der Waals surface area contributed by atoms with Gasteiger partial charge in [0.25, 0.3) is 0 Å². The lowest BCUT2D eigenvalue weighted by Gasteiger charge is -2.36. The highest BCUT2D eigenvalue weighted by Crippen LogP contribution is 2.37. The first-order valence-corrected chi connectivity index (χ1v) is 18.4. The molecule has 0 aromatic carbocycles. The second-order valence-electron chi connectivity index (χ2n) is 14.5. The number of aryl methyl sites for hydroxylation is 1. The highest BCUT2D eigenvalue weighted by atomic mass is 35.6. The summed E-state index contributed by atoms with van der Waals surface area (Å²) in [6.45, 7) is 22.6. The predicted molar refractivity (Wildman–Crippen MR) is 195 cm³/mol. The van der Waals surface area contributed by atoms with Crippen LogP contribution in [0, 0.1) is 36.0 Å². The molecule has 1 aromatic rings.